The van der Waals surface area contributed by atoms with Gasteiger partial charge in [-0.15, -0.1) is 0 Å². The molecule has 5 heteroatoms. The molecule has 0 aliphatic carbocycles. The Kier molecular flexibility index (Phi) is 3.54. The average Bonchev–Trinajstić information content (AvgIpc) is 2.03. The third-order valence-electron chi connectivity index (χ3n) is 1.39. The van der Waals surface area contributed by atoms with E-state index in [0.717, 1.165) is 6.07 Å². The predicted molar refractivity (Wildman–Crippen MR) is 51.2 cm³/mol. The van der Waals surface area contributed by atoms with Gasteiger partial charge in [0.05, 0.1) is 5.56 Å². The van der Waals surface area contributed by atoms with E-state index in [2.05, 4.69) is 0 Å². The quantitative estimate of drug-likeness (QED) is 0.572. The van der Waals surface area contributed by atoms with E-state index in [0.29, 0.717) is 0 Å². The molecule has 0 heterocycles. The monoisotopic (exact) mass is 240 g/mol. The highest BCUT2D eigenvalue weighted by Gasteiger charge is 2.18. The summed E-state index contributed by atoms with van der Waals surface area (Å²) in [4.78, 5) is 9.88. The Bertz CT molecular complexity index is 338. The van der Waals surface area contributed by atoms with Crippen molar-refractivity contribution in [3.8, 4) is 0 Å². The van der Waals surface area contributed by atoms with Crippen molar-refractivity contribution in [2.24, 2.45) is 0 Å². The lowest BCUT2D eigenvalue weighted by molar-refractivity contribution is 0.100. The number of hydrogen-bond donors (Lipinski definition) is 0. The molecule has 70 valence electrons. The van der Waals surface area contributed by atoms with Crippen LogP contribution < -0.4 is 0 Å². The van der Waals surface area contributed by atoms with Crippen LogP contribution >= 0.6 is 34.8 Å². The molecule has 0 atom stereocenters. The minimum absolute atomic E-state index is 0.153. The van der Waals surface area contributed by atoms with Crippen molar-refractivity contribution in [2.75, 3.05) is 0 Å². The fraction of sp³-hybridized carbons (Fsp3) is 0.125. The van der Waals surface area contributed by atoms with Gasteiger partial charge in [-0.3, -0.25) is 4.79 Å². The SMILES string of the molecule is O=C(c1ccc(Cl)cc1F)C(Cl)Cl. The number of ketones is 1. The smallest absolute Gasteiger partial charge is 0.198 e. The second-order valence-electron chi connectivity index (χ2n) is 2.29. The van der Waals surface area contributed by atoms with E-state index in [1.165, 1.54) is 12.1 Å². The maximum Gasteiger partial charge on any atom is 0.198 e. The molecule has 0 unspecified atom stereocenters. The van der Waals surface area contributed by atoms with Gasteiger partial charge in [0.25, 0.3) is 0 Å². The van der Waals surface area contributed by atoms with Crippen molar-refractivity contribution in [1.82, 2.24) is 0 Å². The van der Waals surface area contributed by atoms with E-state index in [9.17, 15) is 9.18 Å². The number of benzene rings is 1. The molecule has 1 aromatic carbocycles. The largest absolute Gasteiger partial charge is 0.291 e. The molecule has 0 saturated carbocycles. The van der Waals surface area contributed by atoms with Gasteiger partial charge in [-0.2, -0.15) is 0 Å². The predicted octanol–water partition coefficient (Wildman–Crippen LogP) is 3.47. The van der Waals surface area contributed by atoms with Crippen molar-refractivity contribution in [2.45, 2.75) is 4.84 Å². The van der Waals surface area contributed by atoms with Crippen LogP contribution in [0.5, 0.6) is 0 Å². The fourth-order valence-electron chi connectivity index (χ4n) is 0.807. The minimum atomic E-state index is -1.25. The maximum atomic E-state index is 13.0. The maximum absolute atomic E-state index is 13.0. The summed E-state index contributed by atoms with van der Waals surface area (Å²) in [5, 5.41) is 0.217. The lowest BCUT2D eigenvalue weighted by Crippen LogP contribution is -2.10. The summed E-state index contributed by atoms with van der Waals surface area (Å²) in [6.45, 7) is 0. The van der Waals surface area contributed by atoms with Crippen LogP contribution in [0, 0.1) is 5.82 Å². The summed E-state index contributed by atoms with van der Waals surface area (Å²) in [6, 6.07) is 3.68. The summed E-state index contributed by atoms with van der Waals surface area (Å²) < 4.78 is 13.0. The van der Waals surface area contributed by atoms with Crippen molar-refractivity contribution >= 4 is 40.6 Å². The lowest BCUT2D eigenvalue weighted by atomic mass is 10.1. The number of Topliss-reactive ketones (excluding diaryl/α,β-unsaturated/α-hetero) is 1. The van der Waals surface area contributed by atoms with Crippen molar-refractivity contribution in [3.63, 3.8) is 0 Å². The Labute approximate surface area is 89.4 Å². The van der Waals surface area contributed by atoms with Gasteiger partial charge in [0.15, 0.2) is 10.6 Å². The fourth-order valence-corrected chi connectivity index (χ4v) is 1.20. The summed E-state index contributed by atoms with van der Waals surface area (Å²) in [5.41, 5.74) is -0.153. The van der Waals surface area contributed by atoms with Crippen molar-refractivity contribution in [3.05, 3.63) is 34.6 Å². The molecule has 0 amide bonds. The lowest BCUT2D eigenvalue weighted by Gasteiger charge is -2.02. The average molecular weight is 241 g/mol. The summed E-state index contributed by atoms with van der Waals surface area (Å²) >= 11 is 16.1. The van der Waals surface area contributed by atoms with E-state index < -0.39 is 16.4 Å². The zero-order valence-electron chi connectivity index (χ0n) is 6.23. The molecule has 0 aromatic heterocycles. The standard InChI is InChI=1S/C8H4Cl3FO/c9-4-1-2-5(6(12)3-4)7(13)8(10)11/h1-3,8H. The van der Waals surface area contributed by atoms with Gasteiger partial charge in [-0.1, -0.05) is 34.8 Å². The molecular formula is C8H4Cl3FO. The van der Waals surface area contributed by atoms with Crippen molar-refractivity contribution in [1.29, 1.82) is 0 Å². The molecule has 1 aromatic rings. The molecule has 13 heavy (non-hydrogen) atoms. The van der Waals surface area contributed by atoms with Gasteiger partial charge in [0, 0.05) is 5.02 Å². The molecular weight excluding hydrogens is 237 g/mol. The van der Waals surface area contributed by atoms with E-state index >= 15 is 0 Å². The number of alkyl halides is 2. The van der Waals surface area contributed by atoms with Crippen LogP contribution in [0.15, 0.2) is 18.2 Å². The summed E-state index contributed by atoms with van der Waals surface area (Å²) in [7, 11) is 0. The normalized spacial score (nSPS) is 10.5. The van der Waals surface area contributed by atoms with Gasteiger partial charge in [-0.05, 0) is 18.2 Å². The van der Waals surface area contributed by atoms with Gasteiger partial charge in [-0.25, -0.2) is 4.39 Å². The zero-order valence-corrected chi connectivity index (χ0v) is 8.50. The zero-order chi connectivity index (χ0) is 10.0. The van der Waals surface area contributed by atoms with Gasteiger partial charge >= 0.3 is 0 Å². The Morgan fingerprint density at radius 2 is 2.00 bits per heavy atom. The van der Waals surface area contributed by atoms with Gasteiger partial charge in [0.2, 0.25) is 0 Å². The third kappa shape index (κ3) is 2.56. The van der Waals surface area contributed by atoms with Gasteiger partial charge < -0.3 is 0 Å². The van der Waals surface area contributed by atoms with Crippen LogP contribution in [0.1, 0.15) is 10.4 Å². The molecule has 0 bridgehead atoms. The van der Waals surface area contributed by atoms with E-state index in [4.69, 9.17) is 34.8 Å². The summed E-state index contributed by atoms with van der Waals surface area (Å²) in [5.74, 6) is -1.39. The number of rotatable bonds is 2. The van der Waals surface area contributed by atoms with E-state index in [-0.39, 0.29) is 10.6 Å². The number of halogens is 4. The minimum Gasteiger partial charge on any atom is -0.291 e. The van der Waals surface area contributed by atoms with Gasteiger partial charge in [0.1, 0.15) is 5.82 Å². The van der Waals surface area contributed by atoms with Crippen LogP contribution in [0.3, 0.4) is 0 Å². The highest BCUT2D eigenvalue weighted by Crippen LogP contribution is 2.18. The highest BCUT2D eigenvalue weighted by molar-refractivity contribution is 6.55. The Balaban J connectivity index is 3.09. The molecule has 0 N–H and O–H groups in total. The first-order valence-electron chi connectivity index (χ1n) is 3.30. The first kappa shape index (κ1) is 10.8. The van der Waals surface area contributed by atoms with E-state index in [1.54, 1.807) is 0 Å². The second kappa shape index (κ2) is 4.27. The molecule has 1 nitrogen and oxygen atoms in total. The van der Waals surface area contributed by atoms with Crippen molar-refractivity contribution < 1.29 is 9.18 Å². The van der Waals surface area contributed by atoms with E-state index in [1.807, 2.05) is 0 Å². The molecule has 0 aliphatic heterocycles. The molecule has 1 rings (SSSR count). The summed E-state index contributed by atoms with van der Waals surface area (Å²) in [6.07, 6.45) is 0. The number of carbonyl (C=O) groups excluding carboxylic acids is 1. The Morgan fingerprint density at radius 1 is 1.38 bits per heavy atom. The first-order chi connectivity index (χ1) is 6.02. The Morgan fingerprint density at radius 3 is 2.46 bits per heavy atom. The molecule has 0 aliphatic rings. The second-order valence-corrected chi connectivity index (χ2v) is 3.82. The van der Waals surface area contributed by atoms with Crippen LogP contribution in [0.2, 0.25) is 5.02 Å². The third-order valence-corrected chi connectivity index (χ3v) is 2.03. The van der Waals surface area contributed by atoms with Crippen LogP contribution in [0.4, 0.5) is 4.39 Å². The van der Waals surface area contributed by atoms with Crippen LogP contribution in [0.25, 0.3) is 0 Å². The molecule has 0 spiro atoms. The number of carbonyl (C=O) groups is 1. The first-order valence-corrected chi connectivity index (χ1v) is 4.55. The molecule has 0 saturated heterocycles. The highest BCUT2D eigenvalue weighted by atomic mass is 35.5. The van der Waals surface area contributed by atoms with Crippen LogP contribution in [-0.4, -0.2) is 10.6 Å². The number of hydrogen-bond acceptors (Lipinski definition) is 1. The van der Waals surface area contributed by atoms with Crippen LogP contribution in [-0.2, 0) is 0 Å². The topological polar surface area (TPSA) is 17.1 Å². The Hall–Kier alpha value is -0.310. The molecule has 0 fully saturated rings. The molecule has 0 radical (unpaired) electrons.